The number of benzene rings is 1. The average molecular weight is 448 g/mol. The van der Waals surface area contributed by atoms with Crippen molar-refractivity contribution < 1.29 is 4.74 Å². The largest absolute Gasteiger partial charge is 0.474 e. The van der Waals surface area contributed by atoms with Crippen molar-refractivity contribution in [1.29, 1.82) is 0 Å². The van der Waals surface area contributed by atoms with Crippen LogP contribution in [0.5, 0.6) is 5.88 Å². The summed E-state index contributed by atoms with van der Waals surface area (Å²) in [4.78, 5) is 15.5. The summed E-state index contributed by atoms with van der Waals surface area (Å²) in [6.45, 7) is 9.64. The summed E-state index contributed by atoms with van der Waals surface area (Å²) in [7, 11) is 0. The Morgan fingerprint density at radius 1 is 1.12 bits per heavy atom. The highest BCUT2D eigenvalue weighted by molar-refractivity contribution is 6.31. The number of fused-ring (bicyclic) bond motifs is 1. The summed E-state index contributed by atoms with van der Waals surface area (Å²) in [5.74, 6) is 1.89. The van der Waals surface area contributed by atoms with E-state index in [9.17, 15) is 0 Å². The zero-order valence-corrected chi connectivity index (χ0v) is 18.7. The van der Waals surface area contributed by atoms with E-state index in [4.69, 9.17) is 16.3 Å². The number of anilines is 2. The van der Waals surface area contributed by atoms with Crippen LogP contribution in [0, 0.1) is 0 Å². The number of hydrogen-bond donors (Lipinski definition) is 1. The van der Waals surface area contributed by atoms with Crippen LogP contribution in [0.4, 0.5) is 11.5 Å². The van der Waals surface area contributed by atoms with Gasteiger partial charge < -0.3 is 15.0 Å². The lowest BCUT2D eigenvalue weighted by atomic mass is 10.1. The third kappa shape index (κ3) is 4.41. The molecule has 6 nitrogen and oxygen atoms in total. The monoisotopic (exact) mass is 447 g/mol. The van der Waals surface area contributed by atoms with E-state index in [0.717, 1.165) is 59.1 Å². The lowest BCUT2D eigenvalue weighted by molar-refractivity contribution is 0.115. The molecule has 1 N–H and O–H groups in total. The second-order valence-electron chi connectivity index (χ2n) is 8.40. The van der Waals surface area contributed by atoms with E-state index in [2.05, 4.69) is 44.4 Å². The van der Waals surface area contributed by atoms with Crippen LogP contribution in [0.25, 0.3) is 10.9 Å². The number of allylic oxidation sites excluding steroid dienone is 1. The first-order valence-corrected chi connectivity index (χ1v) is 11.4. The molecule has 1 aliphatic carbocycles. The number of nitrogens with zero attached hydrogens (tertiary/aromatic N) is 4. The Balaban J connectivity index is 1.34. The standard InChI is InChI=1S/C25H26ClN5O/c1-3-16(2)31-10-8-19(9-11-31)32-24-13-21-23(14-27-24)28-15-29-25(21)30-18-6-7-22(26)20(12-18)17-4-5-17/h3,6-7,12-15,17,19H,1-2,4-5,8-11H2,(H,28,29,30). The van der Waals surface area contributed by atoms with Gasteiger partial charge in [0.1, 0.15) is 18.2 Å². The average Bonchev–Trinajstić information content (AvgIpc) is 3.66. The van der Waals surface area contributed by atoms with Gasteiger partial charge >= 0.3 is 0 Å². The van der Waals surface area contributed by atoms with Crippen LogP contribution in [-0.2, 0) is 0 Å². The Labute approximate surface area is 193 Å². The lowest BCUT2D eigenvalue weighted by Gasteiger charge is -2.33. The number of piperidine rings is 1. The number of pyridine rings is 1. The summed E-state index contributed by atoms with van der Waals surface area (Å²) < 4.78 is 6.21. The molecule has 7 heteroatoms. The normalized spacial score (nSPS) is 16.7. The molecule has 2 aromatic heterocycles. The fourth-order valence-corrected chi connectivity index (χ4v) is 4.40. The van der Waals surface area contributed by atoms with Gasteiger partial charge in [-0.05, 0) is 48.6 Å². The summed E-state index contributed by atoms with van der Waals surface area (Å²) in [5, 5.41) is 5.13. The SMILES string of the molecule is C=CC(=C)N1CCC(Oc2cc3c(Nc4ccc(Cl)c(C5CC5)c4)ncnc3cn2)CC1. The molecule has 3 aromatic rings. The number of ether oxygens (including phenoxy) is 1. The summed E-state index contributed by atoms with van der Waals surface area (Å²) in [5.41, 5.74) is 3.90. The van der Waals surface area contributed by atoms with Gasteiger partial charge in [0.2, 0.25) is 5.88 Å². The quantitative estimate of drug-likeness (QED) is 0.459. The Morgan fingerprint density at radius 3 is 2.69 bits per heavy atom. The van der Waals surface area contributed by atoms with Gasteiger partial charge in [0.05, 0.1) is 11.7 Å². The number of hydrogen-bond acceptors (Lipinski definition) is 6. The predicted molar refractivity (Wildman–Crippen MR) is 129 cm³/mol. The van der Waals surface area contributed by atoms with E-state index in [0.29, 0.717) is 11.8 Å². The Morgan fingerprint density at radius 2 is 1.94 bits per heavy atom. The molecule has 0 spiro atoms. The van der Waals surface area contributed by atoms with Crippen molar-refractivity contribution in [3.8, 4) is 5.88 Å². The molecular formula is C25H26ClN5O. The molecule has 0 atom stereocenters. The first kappa shape index (κ1) is 20.8. The van der Waals surface area contributed by atoms with E-state index >= 15 is 0 Å². The van der Waals surface area contributed by atoms with Gasteiger partial charge in [-0.25, -0.2) is 15.0 Å². The first-order chi connectivity index (χ1) is 15.6. The highest BCUT2D eigenvalue weighted by Crippen LogP contribution is 2.44. The van der Waals surface area contributed by atoms with Crippen molar-refractivity contribution in [3.05, 3.63) is 72.3 Å². The first-order valence-electron chi connectivity index (χ1n) is 11.0. The van der Waals surface area contributed by atoms with E-state index in [1.54, 1.807) is 18.6 Å². The van der Waals surface area contributed by atoms with Crippen molar-refractivity contribution in [3.63, 3.8) is 0 Å². The molecule has 0 radical (unpaired) electrons. The van der Waals surface area contributed by atoms with Gasteiger partial charge in [-0.15, -0.1) is 0 Å². The molecule has 0 bridgehead atoms. The van der Waals surface area contributed by atoms with Gasteiger partial charge in [0.15, 0.2) is 0 Å². The molecule has 0 unspecified atom stereocenters. The molecule has 164 valence electrons. The third-order valence-electron chi connectivity index (χ3n) is 6.14. The minimum atomic E-state index is 0.118. The van der Waals surface area contributed by atoms with Crippen molar-refractivity contribution in [2.24, 2.45) is 0 Å². The van der Waals surface area contributed by atoms with E-state index in [1.807, 2.05) is 18.2 Å². The molecule has 1 saturated heterocycles. The third-order valence-corrected chi connectivity index (χ3v) is 6.49. The topological polar surface area (TPSA) is 63.2 Å². The fourth-order valence-electron chi connectivity index (χ4n) is 4.13. The fraction of sp³-hybridized carbons (Fsp3) is 0.320. The minimum absolute atomic E-state index is 0.118. The number of aromatic nitrogens is 3. The molecule has 1 saturated carbocycles. The van der Waals surface area contributed by atoms with Gasteiger partial charge in [-0.2, -0.15) is 0 Å². The smallest absolute Gasteiger partial charge is 0.214 e. The second-order valence-corrected chi connectivity index (χ2v) is 8.80. The van der Waals surface area contributed by atoms with Crippen LogP contribution in [-0.4, -0.2) is 39.0 Å². The number of nitrogens with one attached hydrogen (secondary N) is 1. The summed E-state index contributed by atoms with van der Waals surface area (Å²) in [6, 6.07) is 7.97. The molecular weight excluding hydrogens is 422 g/mol. The van der Waals surface area contributed by atoms with Crippen LogP contribution < -0.4 is 10.1 Å². The van der Waals surface area contributed by atoms with Crippen LogP contribution in [0.15, 0.2) is 61.7 Å². The summed E-state index contributed by atoms with van der Waals surface area (Å²) >= 11 is 6.39. The zero-order chi connectivity index (χ0) is 22.1. The maximum absolute atomic E-state index is 6.39. The molecule has 3 heterocycles. The van der Waals surface area contributed by atoms with E-state index < -0.39 is 0 Å². The molecule has 2 aliphatic rings. The predicted octanol–water partition coefficient (Wildman–Crippen LogP) is 5.84. The van der Waals surface area contributed by atoms with Crippen molar-refractivity contribution in [2.45, 2.75) is 37.7 Å². The van der Waals surface area contributed by atoms with Gasteiger partial charge in [0, 0.05) is 53.8 Å². The van der Waals surface area contributed by atoms with Crippen LogP contribution in [0.2, 0.25) is 5.02 Å². The number of likely N-dealkylation sites (tertiary alicyclic amines) is 1. The molecule has 2 fully saturated rings. The Kier molecular flexibility index (Phi) is 5.70. The van der Waals surface area contributed by atoms with Gasteiger partial charge in [-0.1, -0.05) is 24.8 Å². The lowest BCUT2D eigenvalue weighted by Crippen LogP contribution is -2.37. The summed E-state index contributed by atoms with van der Waals surface area (Å²) in [6.07, 6.45) is 9.44. The van der Waals surface area contributed by atoms with Crippen LogP contribution in [0.3, 0.4) is 0 Å². The van der Waals surface area contributed by atoms with E-state index in [1.165, 1.54) is 18.4 Å². The van der Waals surface area contributed by atoms with Crippen LogP contribution in [0.1, 0.15) is 37.2 Å². The van der Waals surface area contributed by atoms with Crippen LogP contribution >= 0.6 is 11.6 Å². The maximum atomic E-state index is 6.39. The van der Waals surface area contributed by atoms with Gasteiger partial charge in [0.25, 0.3) is 0 Å². The van der Waals surface area contributed by atoms with Gasteiger partial charge in [-0.3, -0.25) is 0 Å². The number of halogens is 1. The highest BCUT2D eigenvalue weighted by atomic mass is 35.5. The molecule has 0 amide bonds. The molecule has 1 aliphatic heterocycles. The van der Waals surface area contributed by atoms with Crippen molar-refractivity contribution in [2.75, 3.05) is 18.4 Å². The Bertz CT molecular complexity index is 1170. The molecule has 1 aromatic carbocycles. The van der Waals surface area contributed by atoms with E-state index in [-0.39, 0.29) is 6.10 Å². The number of rotatable bonds is 7. The zero-order valence-electron chi connectivity index (χ0n) is 17.9. The van der Waals surface area contributed by atoms with Crippen molar-refractivity contribution in [1.82, 2.24) is 19.9 Å². The van der Waals surface area contributed by atoms with Crippen molar-refractivity contribution >= 4 is 34.0 Å². The molecule has 32 heavy (non-hydrogen) atoms. The second kappa shape index (κ2) is 8.79. The highest BCUT2D eigenvalue weighted by Gasteiger charge is 2.26. The Hall–Kier alpha value is -3.12. The minimum Gasteiger partial charge on any atom is -0.474 e. The maximum Gasteiger partial charge on any atom is 0.214 e. The molecule has 5 rings (SSSR count).